The Morgan fingerprint density at radius 2 is 1.55 bits per heavy atom. The number of fused-ring (bicyclic) bond motifs is 1. The second-order valence-corrected chi connectivity index (χ2v) is 10.6. The number of carbonyl (C=O) groups is 4. The Labute approximate surface area is 239 Å². The fourth-order valence-corrected chi connectivity index (χ4v) is 6.08. The molecule has 9 nitrogen and oxygen atoms in total. The lowest BCUT2D eigenvalue weighted by Crippen LogP contribution is -2.32. The number of nitrogens with one attached hydrogen (secondary N) is 1. The first-order valence-electron chi connectivity index (χ1n) is 12.7. The van der Waals surface area contributed by atoms with Crippen LogP contribution in [0.1, 0.15) is 63.1 Å². The highest BCUT2D eigenvalue weighted by molar-refractivity contribution is 7.21. The first kappa shape index (κ1) is 28.9. The van der Waals surface area contributed by atoms with Crippen molar-refractivity contribution in [3.63, 3.8) is 0 Å². The highest BCUT2D eigenvalue weighted by Crippen LogP contribution is 2.35. The Morgan fingerprint density at radius 1 is 0.875 bits per heavy atom. The Kier molecular flexibility index (Phi) is 9.28. The first-order chi connectivity index (χ1) is 19.3. The van der Waals surface area contributed by atoms with Crippen molar-refractivity contribution in [3.8, 4) is 10.6 Å². The van der Waals surface area contributed by atoms with Crippen LogP contribution in [0.3, 0.4) is 0 Å². The number of hydrogen-bond acceptors (Lipinski definition) is 10. The van der Waals surface area contributed by atoms with Gasteiger partial charge in [0.1, 0.15) is 14.9 Å². The Hall–Kier alpha value is -4.09. The maximum atomic E-state index is 13.3. The molecule has 4 aromatic rings. The van der Waals surface area contributed by atoms with E-state index in [0.29, 0.717) is 16.1 Å². The average Bonchev–Trinajstić information content (AvgIpc) is 3.52. The molecule has 1 atom stereocenters. The Bertz CT molecular complexity index is 1540. The molecule has 0 radical (unpaired) electrons. The summed E-state index contributed by atoms with van der Waals surface area (Å²) in [5, 5.41) is 3.44. The van der Waals surface area contributed by atoms with Crippen LogP contribution in [0, 0.1) is 6.92 Å². The van der Waals surface area contributed by atoms with Crippen molar-refractivity contribution >= 4 is 61.7 Å². The zero-order valence-corrected chi connectivity index (χ0v) is 24.1. The van der Waals surface area contributed by atoms with Gasteiger partial charge in [0, 0.05) is 5.56 Å². The summed E-state index contributed by atoms with van der Waals surface area (Å²) in [6, 6.07) is 14.6. The van der Waals surface area contributed by atoms with E-state index < -0.39 is 29.9 Å². The van der Waals surface area contributed by atoms with Gasteiger partial charge in [-0.3, -0.25) is 4.79 Å². The number of hydrogen-bond donors (Lipinski definition) is 1. The van der Waals surface area contributed by atoms with Crippen LogP contribution in [0.2, 0.25) is 0 Å². The molecule has 40 heavy (non-hydrogen) atoms. The zero-order valence-electron chi connectivity index (χ0n) is 22.4. The topological polar surface area (TPSA) is 121 Å². The third-order valence-corrected chi connectivity index (χ3v) is 8.16. The summed E-state index contributed by atoms with van der Waals surface area (Å²) in [6.07, 6.45) is -0.996. The smallest absolute Gasteiger partial charge is 0.348 e. The van der Waals surface area contributed by atoms with Crippen molar-refractivity contribution in [1.29, 1.82) is 0 Å². The van der Waals surface area contributed by atoms with Gasteiger partial charge in [-0.2, -0.15) is 0 Å². The van der Waals surface area contributed by atoms with Crippen molar-refractivity contribution in [2.75, 3.05) is 18.5 Å². The summed E-state index contributed by atoms with van der Waals surface area (Å²) in [5.74, 6) is -2.62. The third-order valence-electron chi connectivity index (χ3n) is 5.91. The number of thiazole rings is 1. The number of amides is 1. The van der Waals surface area contributed by atoms with Gasteiger partial charge < -0.3 is 19.5 Å². The lowest BCUT2D eigenvalue weighted by molar-refractivity contribution is -0.124. The second-order valence-electron chi connectivity index (χ2n) is 8.53. The molecule has 0 aliphatic heterocycles. The van der Waals surface area contributed by atoms with E-state index >= 15 is 0 Å². The molecule has 0 spiro atoms. The number of benzene rings is 2. The normalized spacial score (nSPS) is 11.6. The molecule has 0 aliphatic carbocycles. The molecule has 2 aromatic carbocycles. The van der Waals surface area contributed by atoms with Crippen molar-refractivity contribution in [2.45, 2.75) is 40.2 Å². The number of nitrogens with zero attached hydrogens (tertiary/aromatic N) is 1. The zero-order chi connectivity index (χ0) is 28.8. The van der Waals surface area contributed by atoms with Gasteiger partial charge in [0.2, 0.25) is 0 Å². The van der Waals surface area contributed by atoms with Crippen LogP contribution < -0.4 is 5.32 Å². The molecular formula is C29H28N2O7S2. The summed E-state index contributed by atoms with van der Waals surface area (Å²) >= 11 is 2.36. The van der Waals surface area contributed by atoms with E-state index in [1.807, 2.05) is 24.3 Å². The number of rotatable bonds is 10. The van der Waals surface area contributed by atoms with Gasteiger partial charge in [-0.1, -0.05) is 37.3 Å². The summed E-state index contributed by atoms with van der Waals surface area (Å²) in [6.45, 7) is 6.88. The lowest BCUT2D eigenvalue weighted by atomic mass is 10.1. The lowest BCUT2D eigenvalue weighted by Gasteiger charge is -2.17. The maximum absolute atomic E-state index is 13.3. The number of thiophene rings is 1. The number of esters is 3. The minimum atomic E-state index is -1.17. The monoisotopic (exact) mass is 580 g/mol. The molecular weight excluding hydrogens is 552 g/mol. The van der Waals surface area contributed by atoms with E-state index in [1.54, 1.807) is 52.0 Å². The van der Waals surface area contributed by atoms with E-state index in [1.165, 1.54) is 11.3 Å². The predicted octanol–water partition coefficient (Wildman–Crippen LogP) is 6.26. The molecule has 1 amide bonds. The number of carbonyl (C=O) groups excluding carboxylic acids is 4. The maximum Gasteiger partial charge on any atom is 0.348 e. The summed E-state index contributed by atoms with van der Waals surface area (Å²) < 4.78 is 16.9. The molecule has 1 unspecified atom stereocenters. The molecule has 0 saturated heterocycles. The average molecular weight is 581 g/mol. The molecule has 11 heteroatoms. The van der Waals surface area contributed by atoms with E-state index in [-0.39, 0.29) is 40.6 Å². The van der Waals surface area contributed by atoms with Crippen LogP contribution >= 0.6 is 22.7 Å². The largest absolute Gasteiger partial charge is 0.462 e. The summed E-state index contributed by atoms with van der Waals surface area (Å²) in [4.78, 5) is 56.5. The van der Waals surface area contributed by atoms with Crippen molar-refractivity contribution in [3.05, 3.63) is 70.1 Å². The predicted molar refractivity (Wildman–Crippen MR) is 154 cm³/mol. The molecule has 208 valence electrons. The Balaban J connectivity index is 1.58. The molecule has 2 aromatic heterocycles. The van der Waals surface area contributed by atoms with Gasteiger partial charge in [0.15, 0.2) is 6.10 Å². The van der Waals surface area contributed by atoms with Gasteiger partial charge in [0.05, 0.1) is 34.6 Å². The molecule has 0 aliphatic rings. The van der Waals surface area contributed by atoms with Crippen LogP contribution in [0.4, 0.5) is 5.00 Å². The molecule has 0 fully saturated rings. The standard InChI is InChI=1S/C29H28N2O7S2/c1-5-20(24(32)31-26-22(28(34)36-6-2)16(4)23(40-26)29(35)37-7-3)38-27(33)18-13-9-8-12-17(18)25-30-19-14-10-11-15-21(19)39-25/h8-15,20H,5-7H2,1-4H3,(H,31,32). The second kappa shape index (κ2) is 12.8. The number of aromatic nitrogens is 1. The van der Waals surface area contributed by atoms with Gasteiger partial charge in [-0.05, 0) is 51.0 Å². The van der Waals surface area contributed by atoms with Crippen LogP contribution in [0.5, 0.6) is 0 Å². The van der Waals surface area contributed by atoms with Crippen LogP contribution in [-0.4, -0.2) is 48.1 Å². The molecule has 1 N–H and O–H groups in total. The van der Waals surface area contributed by atoms with Crippen molar-refractivity contribution in [1.82, 2.24) is 4.98 Å². The number of ether oxygens (including phenoxy) is 3. The van der Waals surface area contributed by atoms with E-state index in [4.69, 9.17) is 14.2 Å². The molecule has 4 rings (SSSR count). The molecule has 0 saturated carbocycles. The van der Waals surface area contributed by atoms with E-state index in [2.05, 4.69) is 10.3 Å². The third kappa shape index (κ3) is 6.05. The molecule has 0 bridgehead atoms. The minimum Gasteiger partial charge on any atom is -0.462 e. The van der Waals surface area contributed by atoms with Gasteiger partial charge in [0.25, 0.3) is 5.91 Å². The fourth-order valence-electron chi connectivity index (χ4n) is 3.98. The quantitative estimate of drug-likeness (QED) is 0.172. The highest BCUT2D eigenvalue weighted by atomic mass is 32.1. The van der Waals surface area contributed by atoms with Crippen molar-refractivity contribution < 1.29 is 33.4 Å². The minimum absolute atomic E-state index is 0.0608. The van der Waals surface area contributed by atoms with Gasteiger partial charge >= 0.3 is 17.9 Å². The number of para-hydroxylation sites is 1. The van der Waals surface area contributed by atoms with Gasteiger partial charge in [-0.25, -0.2) is 19.4 Å². The first-order valence-corrected chi connectivity index (χ1v) is 14.4. The summed E-state index contributed by atoms with van der Waals surface area (Å²) in [5.41, 5.74) is 2.10. The van der Waals surface area contributed by atoms with E-state index in [9.17, 15) is 19.2 Å². The SMILES string of the molecule is CCOC(=O)c1sc(NC(=O)C(CC)OC(=O)c2ccccc2-c2nc3ccccc3s2)c(C(=O)OCC)c1C. The molecule has 2 heterocycles. The van der Waals surface area contributed by atoms with E-state index in [0.717, 1.165) is 21.6 Å². The Morgan fingerprint density at radius 3 is 2.25 bits per heavy atom. The van der Waals surface area contributed by atoms with Crippen LogP contribution in [0.25, 0.3) is 20.8 Å². The van der Waals surface area contributed by atoms with Crippen LogP contribution in [-0.2, 0) is 19.0 Å². The van der Waals surface area contributed by atoms with Crippen molar-refractivity contribution in [2.24, 2.45) is 0 Å². The summed E-state index contributed by atoms with van der Waals surface area (Å²) in [7, 11) is 0. The highest BCUT2D eigenvalue weighted by Gasteiger charge is 2.30. The fraction of sp³-hybridized carbons (Fsp3) is 0.276. The number of anilines is 1. The van der Waals surface area contributed by atoms with Crippen LogP contribution in [0.15, 0.2) is 48.5 Å². The van der Waals surface area contributed by atoms with Gasteiger partial charge in [-0.15, -0.1) is 22.7 Å².